The molecule has 4 nitrogen and oxygen atoms in total. The van der Waals surface area contributed by atoms with E-state index in [0.717, 1.165) is 11.1 Å². The van der Waals surface area contributed by atoms with E-state index in [0.29, 0.717) is 6.54 Å². The summed E-state index contributed by atoms with van der Waals surface area (Å²) in [7, 11) is 1.40. The fourth-order valence-electron chi connectivity index (χ4n) is 1.82. The molecular formula is C15H16N2O2. The zero-order chi connectivity index (χ0) is 13.5. The molecule has 19 heavy (non-hydrogen) atoms. The predicted octanol–water partition coefficient (Wildman–Crippen LogP) is 2.09. The van der Waals surface area contributed by atoms with Crippen molar-refractivity contribution in [2.75, 3.05) is 7.11 Å². The van der Waals surface area contributed by atoms with Gasteiger partial charge in [0, 0.05) is 18.9 Å². The molecule has 1 atom stereocenters. The summed E-state index contributed by atoms with van der Waals surface area (Å²) in [5, 5.41) is 3.20. The number of rotatable bonds is 5. The van der Waals surface area contributed by atoms with Gasteiger partial charge in [-0.15, -0.1) is 0 Å². The number of pyridine rings is 1. The molecule has 0 fully saturated rings. The van der Waals surface area contributed by atoms with Gasteiger partial charge in [0.05, 0.1) is 7.11 Å². The minimum Gasteiger partial charge on any atom is -0.468 e. The van der Waals surface area contributed by atoms with Gasteiger partial charge >= 0.3 is 5.97 Å². The number of ether oxygens (including phenoxy) is 1. The van der Waals surface area contributed by atoms with Crippen LogP contribution in [0.25, 0.3) is 0 Å². The highest BCUT2D eigenvalue weighted by atomic mass is 16.5. The van der Waals surface area contributed by atoms with Crippen LogP contribution in [0.5, 0.6) is 0 Å². The van der Waals surface area contributed by atoms with E-state index in [2.05, 4.69) is 10.3 Å². The molecule has 0 aliphatic carbocycles. The molecule has 0 aliphatic heterocycles. The number of esters is 1. The highest BCUT2D eigenvalue weighted by Gasteiger charge is 2.20. The molecule has 0 unspecified atom stereocenters. The fraction of sp³-hybridized carbons (Fsp3) is 0.200. The van der Waals surface area contributed by atoms with Gasteiger partial charge in [0.15, 0.2) is 0 Å². The molecule has 0 bridgehead atoms. The maximum Gasteiger partial charge on any atom is 0.327 e. The lowest BCUT2D eigenvalue weighted by Crippen LogP contribution is -2.29. The first-order chi connectivity index (χ1) is 9.31. The Bertz CT molecular complexity index is 514. The average molecular weight is 256 g/mol. The van der Waals surface area contributed by atoms with E-state index in [1.54, 1.807) is 12.4 Å². The third-order valence-electron chi connectivity index (χ3n) is 2.83. The van der Waals surface area contributed by atoms with Crippen LogP contribution in [0.2, 0.25) is 0 Å². The monoisotopic (exact) mass is 256 g/mol. The van der Waals surface area contributed by atoms with Crippen molar-refractivity contribution in [1.29, 1.82) is 0 Å². The van der Waals surface area contributed by atoms with E-state index in [1.165, 1.54) is 7.11 Å². The molecule has 4 heteroatoms. The highest BCUT2D eigenvalue weighted by Crippen LogP contribution is 2.14. The lowest BCUT2D eigenvalue weighted by atomic mass is 10.1. The van der Waals surface area contributed by atoms with Crippen molar-refractivity contribution in [3.8, 4) is 0 Å². The van der Waals surface area contributed by atoms with Gasteiger partial charge < -0.3 is 4.74 Å². The summed E-state index contributed by atoms with van der Waals surface area (Å²) in [5.74, 6) is -0.291. The maximum absolute atomic E-state index is 11.8. The number of hydrogen-bond donors (Lipinski definition) is 1. The molecule has 98 valence electrons. The lowest BCUT2D eigenvalue weighted by Gasteiger charge is -2.16. The standard InChI is InChI=1S/C15H16N2O2/c1-19-15(18)14(13-5-3-2-4-6-13)17-11-12-7-9-16-10-8-12/h2-10,14,17H,11H2,1H3/t14-/m1/s1. The first-order valence-electron chi connectivity index (χ1n) is 6.06. The van der Waals surface area contributed by atoms with Crippen LogP contribution in [0, 0.1) is 0 Å². The van der Waals surface area contributed by atoms with Crippen LogP contribution in [0.3, 0.4) is 0 Å². The van der Waals surface area contributed by atoms with Crippen molar-refractivity contribution in [1.82, 2.24) is 10.3 Å². The van der Waals surface area contributed by atoms with Crippen LogP contribution in [0.4, 0.5) is 0 Å². The normalized spacial score (nSPS) is 11.8. The molecule has 0 spiro atoms. The molecule has 1 N–H and O–H groups in total. The van der Waals surface area contributed by atoms with Gasteiger partial charge in [-0.3, -0.25) is 10.3 Å². The number of nitrogens with one attached hydrogen (secondary N) is 1. The van der Waals surface area contributed by atoms with Gasteiger partial charge in [-0.05, 0) is 23.3 Å². The van der Waals surface area contributed by atoms with Gasteiger partial charge in [0.2, 0.25) is 0 Å². The fourth-order valence-corrected chi connectivity index (χ4v) is 1.82. The van der Waals surface area contributed by atoms with E-state index in [4.69, 9.17) is 4.74 Å². The van der Waals surface area contributed by atoms with Gasteiger partial charge in [-0.25, -0.2) is 4.79 Å². The number of benzene rings is 1. The Morgan fingerprint density at radius 1 is 1.21 bits per heavy atom. The number of carbonyl (C=O) groups is 1. The number of carbonyl (C=O) groups excluding carboxylic acids is 1. The smallest absolute Gasteiger partial charge is 0.327 e. The molecule has 0 saturated heterocycles. The lowest BCUT2D eigenvalue weighted by molar-refractivity contribution is -0.143. The van der Waals surface area contributed by atoms with Crippen LogP contribution in [-0.4, -0.2) is 18.1 Å². The van der Waals surface area contributed by atoms with Gasteiger partial charge in [-0.1, -0.05) is 30.3 Å². The quantitative estimate of drug-likeness (QED) is 0.832. The van der Waals surface area contributed by atoms with E-state index in [9.17, 15) is 4.79 Å². The molecule has 0 saturated carbocycles. The third-order valence-corrected chi connectivity index (χ3v) is 2.83. The van der Waals surface area contributed by atoms with Gasteiger partial charge in [0.25, 0.3) is 0 Å². The molecule has 0 radical (unpaired) electrons. The highest BCUT2D eigenvalue weighted by molar-refractivity contribution is 5.77. The number of hydrogen-bond acceptors (Lipinski definition) is 4. The van der Waals surface area contributed by atoms with E-state index in [-0.39, 0.29) is 5.97 Å². The van der Waals surface area contributed by atoms with Gasteiger partial charge in [-0.2, -0.15) is 0 Å². The minimum absolute atomic E-state index is 0.291. The predicted molar refractivity (Wildman–Crippen MR) is 72.3 cm³/mol. The van der Waals surface area contributed by atoms with Crippen LogP contribution in [-0.2, 0) is 16.1 Å². The van der Waals surface area contributed by atoms with E-state index < -0.39 is 6.04 Å². The summed E-state index contributed by atoms with van der Waals surface area (Å²) < 4.78 is 4.84. The second-order valence-corrected chi connectivity index (χ2v) is 4.10. The summed E-state index contributed by atoms with van der Waals surface area (Å²) in [5.41, 5.74) is 1.96. The maximum atomic E-state index is 11.8. The molecular weight excluding hydrogens is 240 g/mol. The Hall–Kier alpha value is -2.20. The van der Waals surface area contributed by atoms with Crippen molar-refractivity contribution >= 4 is 5.97 Å². The Labute approximate surface area is 112 Å². The Kier molecular flexibility index (Phi) is 4.64. The Morgan fingerprint density at radius 2 is 1.89 bits per heavy atom. The van der Waals surface area contributed by atoms with E-state index in [1.807, 2.05) is 42.5 Å². The summed E-state index contributed by atoms with van der Waals surface area (Å²) >= 11 is 0. The molecule has 0 aliphatic rings. The summed E-state index contributed by atoms with van der Waals surface area (Å²) in [6.07, 6.45) is 3.46. The van der Waals surface area contributed by atoms with Crippen molar-refractivity contribution in [3.05, 3.63) is 66.0 Å². The zero-order valence-corrected chi connectivity index (χ0v) is 10.7. The average Bonchev–Trinajstić information content (AvgIpc) is 2.49. The molecule has 0 amide bonds. The first kappa shape index (κ1) is 13.2. The van der Waals surface area contributed by atoms with Gasteiger partial charge in [0.1, 0.15) is 6.04 Å². The van der Waals surface area contributed by atoms with Crippen LogP contribution in [0.1, 0.15) is 17.2 Å². The summed E-state index contributed by atoms with van der Waals surface area (Å²) in [6, 6.07) is 12.9. The van der Waals surface area contributed by atoms with Crippen LogP contribution >= 0.6 is 0 Å². The SMILES string of the molecule is COC(=O)[C@H](NCc1ccncc1)c1ccccc1. The molecule has 1 aromatic heterocycles. The van der Waals surface area contributed by atoms with Crippen molar-refractivity contribution in [3.63, 3.8) is 0 Å². The molecule has 2 rings (SSSR count). The number of aromatic nitrogens is 1. The van der Waals surface area contributed by atoms with Crippen molar-refractivity contribution in [2.24, 2.45) is 0 Å². The van der Waals surface area contributed by atoms with E-state index >= 15 is 0 Å². The number of methoxy groups -OCH3 is 1. The Morgan fingerprint density at radius 3 is 2.53 bits per heavy atom. The number of nitrogens with zero attached hydrogens (tertiary/aromatic N) is 1. The van der Waals surface area contributed by atoms with Crippen molar-refractivity contribution in [2.45, 2.75) is 12.6 Å². The largest absolute Gasteiger partial charge is 0.468 e. The summed E-state index contributed by atoms with van der Waals surface area (Å²) in [4.78, 5) is 15.8. The Balaban J connectivity index is 2.09. The third kappa shape index (κ3) is 3.63. The zero-order valence-electron chi connectivity index (χ0n) is 10.7. The molecule has 2 aromatic rings. The molecule has 1 heterocycles. The van der Waals surface area contributed by atoms with Crippen molar-refractivity contribution < 1.29 is 9.53 Å². The minimum atomic E-state index is -0.459. The first-order valence-corrected chi connectivity index (χ1v) is 6.06. The van der Waals surface area contributed by atoms with Crippen LogP contribution in [0.15, 0.2) is 54.9 Å². The second-order valence-electron chi connectivity index (χ2n) is 4.10. The van der Waals surface area contributed by atoms with Crippen LogP contribution < -0.4 is 5.32 Å². The molecule has 1 aromatic carbocycles. The summed E-state index contributed by atoms with van der Waals surface area (Å²) in [6.45, 7) is 0.581. The topological polar surface area (TPSA) is 51.2 Å². The second kappa shape index (κ2) is 6.66.